The molecule has 1 aliphatic heterocycles. The molecule has 3 rings (SSSR count). The number of halogens is 3. The largest absolute Gasteiger partial charge is 0.493 e. The highest BCUT2D eigenvalue weighted by Crippen LogP contribution is 2.45. The minimum atomic E-state index is -4.85. The van der Waals surface area contributed by atoms with Gasteiger partial charge >= 0.3 is 6.18 Å². The molecule has 0 fully saturated rings. The summed E-state index contributed by atoms with van der Waals surface area (Å²) in [5, 5.41) is 10.8. The number of alkyl halides is 3. The van der Waals surface area contributed by atoms with Crippen molar-refractivity contribution in [2.45, 2.75) is 64.3 Å². The average Bonchev–Trinajstić information content (AvgIpc) is 3.06. The molecule has 158 valence electrons. The van der Waals surface area contributed by atoms with E-state index in [1.807, 2.05) is 12.1 Å². The zero-order valence-electron chi connectivity index (χ0n) is 17.1. The molecular weight excluding hydrogens is 383 g/mol. The van der Waals surface area contributed by atoms with Crippen molar-refractivity contribution in [3.63, 3.8) is 0 Å². The maximum absolute atomic E-state index is 14.0. The lowest BCUT2D eigenvalue weighted by Crippen LogP contribution is -2.52. The Kier molecular flexibility index (Phi) is 5.32. The van der Waals surface area contributed by atoms with Crippen molar-refractivity contribution in [2.24, 2.45) is 0 Å². The van der Waals surface area contributed by atoms with E-state index in [0.29, 0.717) is 29.0 Å². The third kappa shape index (κ3) is 4.06. The first kappa shape index (κ1) is 21.4. The molecule has 7 heteroatoms. The Balaban J connectivity index is 1.99. The van der Waals surface area contributed by atoms with E-state index in [0.717, 1.165) is 12.0 Å². The molecule has 0 bridgehead atoms. The van der Waals surface area contributed by atoms with Gasteiger partial charge in [-0.2, -0.15) is 13.2 Å². The minimum absolute atomic E-state index is 0.214. The normalized spacial score (nSPS) is 16.3. The molecule has 0 amide bonds. The van der Waals surface area contributed by atoms with E-state index in [1.54, 1.807) is 33.8 Å². The second-order valence-corrected chi connectivity index (χ2v) is 8.61. The van der Waals surface area contributed by atoms with Crippen molar-refractivity contribution in [1.82, 2.24) is 4.57 Å². The summed E-state index contributed by atoms with van der Waals surface area (Å²) in [6, 6.07) is 5.48. The number of aromatic nitrogens is 1. The number of nitrogens with zero attached hydrogens (tertiary/aromatic N) is 1. The maximum Gasteiger partial charge on any atom is 0.418 e. The summed E-state index contributed by atoms with van der Waals surface area (Å²) in [6.45, 7) is 6.27. The zero-order valence-corrected chi connectivity index (χ0v) is 17.1. The van der Waals surface area contributed by atoms with Crippen LogP contribution in [-0.4, -0.2) is 28.1 Å². The van der Waals surface area contributed by atoms with Gasteiger partial charge in [0.25, 0.3) is 0 Å². The summed E-state index contributed by atoms with van der Waals surface area (Å²) < 4.78 is 49.0. The zero-order chi connectivity index (χ0) is 21.6. The fourth-order valence-electron chi connectivity index (χ4n) is 4.18. The number of fused-ring (bicyclic) bond motifs is 1. The Morgan fingerprint density at radius 2 is 1.76 bits per heavy atom. The van der Waals surface area contributed by atoms with Crippen LogP contribution in [0.1, 0.15) is 42.5 Å². The lowest BCUT2D eigenvalue weighted by atomic mass is 9.74. The van der Waals surface area contributed by atoms with Crippen LogP contribution in [0.4, 0.5) is 13.2 Å². The number of para-hydroxylation sites is 1. The minimum Gasteiger partial charge on any atom is -0.493 e. The number of ether oxygens (including phenoxy) is 1. The Morgan fingerprint density at radius 1 is 1.14 bits per heavy atom. The molecule has 0 aliphatic carbocycles. The highest BCUT2D eigenvalue weighted by molar-refractivity contribution is 5.47. The number of hydrogen-bond donors (Lipinski definition) is 1. The van der Waals surface area contributed by atoms with Gasteiger partial charge in [0.2, 0.25) is 0 Å². The van der Waals surface area contributed by atoms with E-state index >= 15 is 0 Å². The van der Waals surface area contributed by atoms with Gasteiger partial charge in [-0.05, 0) is 31.2 Å². The van der Waals surface area contributed by atoms with E-state index in [2.05, 4.69) is 0 Å². The second-order valence-electron chi connectivity index (χ2n) is 8.61. The second kappa shape index (κ2) is 7.20. The lowest BCUT2D eigenvalue weighted by molar-refractivity contribution is -0.271. The van der Waals surface area contributed by atoms with E-state index in [4.69, 9.17) is 4.74 Å². The molecule has 0 radical (unpaired) electrons. The topological polar surface area (TPSA) is 51.5 Å². The molecule has 0 saturated carbocycles. The highest BCUT2D eigenvalue weighted by atomic mass is 19.4. The summed E-state index contributed by atoms with van der Waals surface area (Å²) in [4.78, 5) is 11.9. The van der Waals surface area contributed by atoms with Crippen molar-refractivity contribution >= 4 is 0 Å². The van der Waals surface area contributed by atoms with Gasteiger partial charge in [0.1, 0.15) is 5.75 Å². The van der Waals surface area contributed by atoms with Crippen molar-refractivity contribution in [3.8, 4) is 5.75 Å². The summed E-state index contributed by atoms with van der Waals surface area (Å²) in [5.74, 6) is 0.622. The first-order valence-electron chi connectivity index (χ1n) is 9.56. The van der Waals surface area contributed by atoms with Crippen LogP contribution in [0.25, 0.3) is 0 Å². The predicted octanol–water partition coefficient (Wildman–Crippen LogP) is 4.06. The quantitative estimate of drug-likeness (QED) is 0.810. The molecule has 1 aromatic heterocycles. The molecule has 0 saturated heterocycles. The third-order valence-electron chi connectivity index (χ3n) is 5.58. The maximum atomic E-state index is 14.0. The Bertz CT molecular complexity index is 952. The number of aliphatic hydroxyl groups is 1. The standard InChI is InChI=1S/C22H26F3NO3/c1-14-10-26(11-15(2)18(14)27)13-21(28,22(23,24)25)12-20(3,4)17-7-5-6-16-8-9-29-19(16)17/h5-7,10-11,28H,8-9,12-13H2,1-4H3. The molecule has 1 unspecified atom stereocenters. The fraction of sp³-hybridized carbons (Fsp3) is 0.500. The molecule has 0 spiro atoms. The monoisotopic (exact) mass is 409 g/mol. The van der Waals surface area contributed by atoms with Crippen LogP contribution in [0.2, 0.25) is 0 Å². The van der Waals surface area contributed by atoms with E-state index in [-0.39, 0.29) is 5.43 Å². The summed E-state index contributed by atoms with van der Waals surface area (Å²) >= 11 is 0. The summed E-state index contributed by atoms with van der Waals surface area (Å²) in [5.41, 5.74) is -1.89. The lowest BCUT2D eigenvalue weighted by Gasteiger charge is -2.38. The molecule has 29 heavy (non-hydrogen) atoms. The van der Waals surface area contributed by atoms with Gasteiger partial charge < -0.3 is 14.4 Å². The van der Waals surface area contributed by atoms with Gasteiger partial charge in [0.15, 0.2) is 11.0 Å². The van der Waals surface area contributed by atoms with Crippen LogP contribution in [0.15, 0.2) is 35.4 Å². The van der Waals surface area contributed by atoms with Crippen LogP contribution in [0, 0.1) is 13.8 Å². The van der Waals surface area contributed by atoms with E-state index < -0.39 is 30.2 Å². The number of hydrogen-bond acceptors (Lipinski definition) is 3. The number of rotatable bonds is 5. The van der Waals surface area contributed by atoms with E-state index in [1.165, 1.54) is 17.0 Å². The molecule has 1 aliphatic rings. The van der Waals surface area contributed by atoms with E-state index in [9.17, 15) is 23.1 Å². The number of pyridine rings is 1. The fourth-order valence-corrected chi connectivity index (χ4v) is 4.18. The van der Waals surface area contributed by atoms with Gasteiger partial charge in [0.05, 0.1) is 13.2 Å². The van der Waals surface area contributed by atoms with Crippen molar-refractivity contribution < 1.29 is 23.0 Å². The van der Waals surface area contributed by atoms with Crippen LogP contribution < -0.4 is 10.2 Å². The summed E-state index contributed by atoms with van der Waals surface area (Å²) in [6.07, 6.45) is -1.98. The van der Waals surface area contributed by atoms with Gasteiger partial charge in [-0.3, -0.25) is 4.79 Å². The van der Waals surface area contributed by atoms with Gasteiger partial charge in [0, 0.05) is 35.5 Å². The number of benzene rings is 1. The highest BCUT2D eigenvalue weighted by Gasteiger charge is 2.56. The first-order valence-corrected chi connectivity index (χ1v) is 9.56. The number of aryl methyl sites for hydroxylation is 2. The molecule has 4 nitrogen and oxygen atoms in total. The van der Waals surface area contributed by atoms with Crippen molar-refractivity contribution in [3.05, 3.63) is 63.1 Å². The smallest absolute Gasteiger partial charge is 0.418 e. The molecule has 1 atom stereocenters. The van der Waals surface area contributed by atoms with Crippen LogP contribution in [0.5, 0.6) is 5.75 Å². The van der Waals surface area contributed by atoms with Gasteiger partial charge in [-0.25, -0.2) is 0 Å². The van der Waals surface area contributed by atoms with Crippen LogP contribution in [0.3, 0.4) is 0 Å². The Morgan fingerprint density at radius 3 is 2.34 bits per heavy atom. The molecule has 2 aromatic rings. The predicted molar refractivity (Wildman–Crippen MR) is 104 cm³/mol. The molecule has 1 N–H and O–H groups in total. The third-order valence-corrected chi connectivity index (χ3v) is 5.58. The SMILES string of the molecule is Cc1cn(CC(O)(CC(C)(C)c2cccc3c2OCC3)C(F)(F)F)cc(C)c1=O. The average molecular weight is 409 g/mol. The Hall–Kier alpha value is -2.28. The molecule has 2 heterocycles. The van der Waals surface area contributed by atoms with Gasteiger partial charge in [-0.15, -0.1) is 0 Å². The van der Waals surface area contributed by atoms with Gasteiger partial charge in [-0.1, -0.05) is 32.0 Å². The Labute approximate surface area is 167 Å². The summed E-state index contributed by atoms with van der Waals surface area (Å²) in [7, 11) is 0. The van der Waals surface area contributed by atoms with Crippen LogP contribution >= 0.6 is 0 Å². The molecule has 1 aromatic carbocycles. The first-order chi connectivity index (χ1) is 13.3. The molecular formula is C22H26F3NO3. The van der Waals surface area contributed by atoms with Crippen LogP contribution in [-0.2, 0) is 18.4 Å². The van der Waals surface area contributed by atoms with Crippen molar-refractivity contribution in [2.75, 3.05) is 6.61 Å². The van der Waals surface area contributed by atoms with Crippen molar-refractivity contribution in [1.29, 1.82) is 0 Å².